The average molecular weight is 365 g/mol. The lowest BCUT2D eigenvalue weighted by atomic mass is 9.85. The Kier molecular flexibility index (Phi) is 3.79. The predicted molar refractivity (Wildman–Crippen MR) is 94.2 cm³/mol. The second-order valence-corrected chi connectivity index (χ2v) is 7.90. The van der Waals surface area contributed by atoms with Gasteiger partial charge in [-0.25, -0.2) is 0 Å². The molecule has 0 radical (unpaired) electrons. The molecule has 3 rings (SSSR count). The summed E-state index contributed by atoms with van der Waals surface area (Å²) in [6.07, 6.45) is 1.07. The summed E-state index contributed by atoms with van der Waals surface area (Å²) >= 11 is 9.76. The first kappa shape index (κ1) is 14.9. The van der Waals surface area contributed by atoms with Gasteiger partial charge in [-0.2, -0.15) is 0 Å². The Morgan fingerprint density at radius 1 is 1.19 bits per heavy atom. The van der Waals surface area contributed by atoms with Gasteiger partial charge in [0.15, 0.2) is 0 Å². The lowest BCUT2D eigenvalue weighted by molar-refractivity contribution is 0.337. The van der Waals surface area contributed by atoms with Gasteiger partial charge in [-0.1, -0.05) is 53.5 Å². The summed E-state index contributed by atoms with van der Waals surface area (Å²) in [5.41, 5.74) is 5.32. The maximum Gasteiger partial charge on any atom is 0.0571 e. The van der Waals surface area contributed by atoms with Crippen molar-refractivity contribution in [3.05, 3.63) is 62.6 Å². The van der Waals surface area contributed by atoms with Gasteiger partial charge in [0.2, 0.25) is 0 Å². The Hall–Kier alpha value is -0.990. The maximum absolute atomic E-state index is 6.21. The Bertz CT molecular complexity index is 694. The maximum atomic E-state index is 6.21. The molecule has 0 amide bonds. The normalized spacial score (nSPS) is 19.4. The van der Waals surface area contributed by atoms with E-state index >= 15 is 0 Å². The van der Waals surface area contributed by atoms with E-state index in [2.05, 4.69) is 72.3 Å². The van der Waals surface area contributed by atoms with Crippen molar-refractivity contribution in [1.29, 1.82) is 0 Å². The van der Waals surface area contributed by atoms with E-state index in [4.69, 9.17) is 11.6 Å². The first-order chi connectivity index (χ1) is 9.87. The summed E-state index contributed by atoms with van der Waals surface area (Å²) in [5, 5.41) is 4.54. The third-order valence-electron chi connectivity index (χ3n) is 4.35. The second-order valence-electron chi connectivity index (χ2n) is 6.55. The van der Waals surface area contributed by atoms with E-state index in [0.29, 0.717) is 0 Å². The molecular formula is C18H19BrClN. The molecule has 2 aromatic carbocycles. The molecule has 1 atom stereocenters. The van der Waals surface area contributed by atoms with Gasteiger partial charge in [-0.3, -0.25) is 0 Å². The van der Waals surface area contributed by atoms with Crippen LogP contribution in [0.2, 0.25) is 5.02 Å². The number of hydrogen-bond donors (Lipinski definition) is 1. The molecule has 2 aromatic rings. The number of hydrogen-bond acceptors (Lipinski definition) is 1. The molecular weight excluding hydrogens is 346 g/mol. The molecule has 0 heterocycles. The number of fused-ring (bicyclic) bond motifs is 1. The Morgan fingerprint density at radius 2 is 1.95 bits per heavy atom. The molecule has 0 saturated heterocycles. The van der Waals surface area contributed by atoms with Crippen LogP contribution in [0, 0.1) is 12.3 Å². The lowest BCUT2D eigenvalue weighted by Gasteiger charge is -2.30. The van der Waals surface area contributed by atoms with Crippen LogP contribution in [0.1, 0.15) is 36.6 Å². The summed E-state index contributed by atoms with van der Waals surface area (Å²) < 4.78 is 1.10. The van der Waals surface area contributed by atoms with Crippen molar-refractivity contribution in [1.82, 2.24) is 0 Å². The summed E-state index contributed by atoms with van der Waals surface area (Å²) in [6, 6.07) is 12.9. The lowest BCUT2D eigenvalue weighted by Crippen LogP contribution is -2.24. The minimum atomic E-state index is 0.168. The SMILES string of the molecule is Cc1ccc(Br)cc1NC1c2cc(Cl)ccc2CC1(C)C. The summed E-state index contributed by atoms with van der Waals surface area (Å²) in [7, 11) is 0. The molecule has 0 bridgehead atoms. The topological polar surface area (TPSA) is 12.0 Å². The quantitative estimate of drug-likeness (QED) is 0.674. The summed E-state index contributed by atoms with van der Waals surface area (Å²) in [4.78, 5) is 0. The zero-order valence-corrected chi connectivity index (χ0v) is 14.8. The first-order valence-corrected chi connectivity index (χ1v) is 8.35. The molecule has 0 fully saturated rings. The van der Waals surface area contributed by atoms with Gasteiger partial charge in [-0.15, -0.1) is 0 Å². The van der Waals surface area contributed by atoms with E-state index in [9.17, 15) is 0 Å². The van der Waals surface area contributed by atoms with E-state index < -0.39 is 0 Å². The van der Waals surface area contributed by atoms with Crippen LogP contribution in [0.25, 0.3) is 0 Å². The molecule has 0 aliphatic heterocycles. The molecule has 3 heteroatoms. The first-order valence-electron chi connectivity index (χ1n) is 7.18. The Morgan fingerprint density at radius 3 is 2.71 bits per heavy atom. The van der Waals surface area contributed by atoms with Gasteiger partial charge in [0.1, 0.15) is 0 Å². The highest BCUT2D eigenvalue weighted by Crippen LogP contribution is 2.47. The van der Waals surface area contributed by atoms with Crippen LogP contribution >= 0.6 is 27.5 Å². The largest absolute Gasteiger partial charge is 0.377 e. The number of anilines is 1. The number of aryl methyl sites for hydroxylation is 1. The third kappa shape index (κ3) is 2.84. The molecule has 1 unspecified atom stereocenters. The van der Waals surface area contributed by atoms with Crippen LogP contribution < -0.4 is 5.32 Å². The van der Waals surface area contributed by atoms with Crippen LogP contribution in [-0.2, 0) is 6.42 Å². The Labute approximate surface area is 139 Å². The molecule has 0 saturated carbocycles. The van der Waals surface area contributed by atoms with E-state index in [1.54, 1.807) is 0 Å². The predicted octanol–water partition coefficient (Wildman–Crippen LogP) is 6.15. The molecule has 1 aliphatic carbocycles. The minimum absolute atomic E-state index is 0.168. The molecule has 1 aliphatic rings. The van der Waals surface area contributed by atoms with Crippen molar-refractivity contribution in [2.75, 3.05) is 5.32 Å². The number of nitrogens with one attached hydrogen (secondary N) is 1. The van der Waals surface area contributed by atoms with Crippen LogP contribution in [0.5, 0.6) is 0 Å². The van der Waals surface area contributed by atoms with Gasteiger partial charge in [0.25, 0.3) is 0 Å². The van der Waals surface area contributed by atoms with E-state index in [-0.39, 0.29) is 11.5 Å². The van der Waals surface area contributed by atoms with Crippen molar-refractivity contribution >= 4 is 33.2 Å². The van der Waals surface area contributed by atoms with E-state index in [1.807, 2.05) is 6.07 Å². The Balaban J connectivity index is 2.01. The average Bonchev–Trinajstić information content (AvgIpc) is 2.65. The van der Waals surface area contributed by atoms with Gasteiger partial charge in [0, 0.05) is 15.2 Å². The van der Waals surface area contributed by atoms with Gasteiger partial charge in [-0.05, 0) is 59.7 Å². The van der Waals surface area contributed by atoms with Crippen LogP contribution in [-0.4, -0.2) is 0 Å². The molecule has 21 heavy (non-hydrogen) atoms. The third-order valence-corrected chi connectivity index (χ3v) is 5.07. The molecule has 0 aromatic heterocycles. The fourth-order valence-electron chi connectivity index (χ4n) is 3.19. The minimum Gasteiger partial charge on any atom is -0.377 e. The van der Waals surface area contributed by atoms with Crippen LogP contribution in [0.4, 0.5) is 5.69 Å². The molecule has 1 N–H and O–H groups in total. The van der Waals surface area contributed by atoms with E-state index in [0.717, 1.165) is 15.9 Å². The molecule has 0 spiro atoms. The van der Waals surface area contributed by atoms with Crippen molar-refractivity contribution < 1.29 is 0 Å². The molecule has 110 valence electrons. The van der Waals surface area contributed by atoms with Gasteiger partial charge < -0.3 is 5.32 Å². The fraction of sp³-hybridized carbons (Fsp3) is 0.333. The fourth-order valence-corrected chi connectivity index (χ4v) is 3.73. The van der Waals surface area contributed by atoms with Crippen molar-refractivity contribution in [3.8, 4) is 0 Å². The van der Waals surface area contributed by atoms with Gasteiger partial charge >= 0.3 is 0 Å². The highest BCUT2D eigenvalue weighted by atomic mass is 79.9. The highest BCUT2D eigenvalue weighted by Gasteiger charge is 2.39. The monoisotopic (exact) mass is 363 g/mol. The summed E-state index contributed by atoms with van der Waals surface area (Å²) in [6.45, 7) is 6.76. The van der Waals surface area contributed by atoms with Gasteiger partial charge in [0.05, 0.1) is 6.04 Å². The van der Waals surface area contributed by atoms with E-state index in [1.165, 1.54) is 22.4 Å². The standard InChI is InChI=1S/C18H19BrClN/c1-11-4-6-13(19)8-16(11)21-17-15-9-14(20)7-5-12(15)10-18(17,2)3/h4-9,17,21H,10H2,1-3H3. The van der Waals surface area contributed by atoms with Crippen molar-refractivity contribution in [2.24, 2.45) is 5.41 Å². The molecule has 1 nitrogen and oxygen atoms in total. The zero-order chi connectivity index (χ0) is 15.2. The van der Waals surface area contributed by atoms with Crippen LogP contribution in [0.15, 0.2) is 40.9 Å². The van der Waals surface area contributed by atoms with Crippen molar-refractivity contribution in [3.63, 3.8) is 0 Å². The zero-order valence-electron chi connectivity index (χ0n) is 12.5. The van der Waals surface area contributed by atoms with Crippen LogP contribution in [0.3, 0.4) is 0 Å². The number of benzene rings is 2. The second kappa shape index (κ2) is 5.33. The number of halogens is 2. The summed E-state index contributed by atoms with van der Waals surface area (Å²) in [5.74, 6) is 0. The highest BCUT2D eigenvalue weighted by molar-refractivity contribution is 9.10. The smallest absolute Gasteiger partial charge is 0.0571 e. The van der Waals surface area contributed by atoms with Crippen molar-refractivity contribution in [2.45, 2.75) is 33.2 Å². The number of rotatable bonds is 2.